The van der Waals surface area contributed by atoms with Gasteiger partial charge in [0.15, 0.2) is 23.4 Å². The van der Waals surface area contributed by atoms with Gasteiger partial charge in [-0.05, 0) is 44.4 Å². The van der Waals surface area contributed by atoms with Gasteiger partial charge < -0.3 is 19.5 Å². The summed E-state index contributed by atoms with van der Waals surface area (Å²) >= 11 is 0. The molecule has 5 heteroatoms. The molecular weight excluding hydrogens is 294 g/mol. The molecule has 1 spiro atoms. The fourth-order valence-corrected chi connectivity index (χ4v) is 5.09. The zero-order chi connectivity index (χ0) is 22.8. The van der Waals surface area contributed by atoms with E-state index in [4.69, 9.17) is 20.4 Å². The number of rotatable bonds is 1. The molecule has 1 N–H and O–H groups in total. The summed E-state index contributed by atoms with van der Waals surface area (Å²) < 4.78 is 73.6. The fourth-order valence-electron chi connectivity index (χ4n) is 5.09. The van der Waals surface area contributed by atoms with Gasteiger partial charge in [-0.1, -0.05) is 6.07 Å². The van der Waals surface area contributed by atoms with Gasteiger partial charge in [-0.2, -0.15) is 0 Å². The fraction of sp³-hybridized carbons (Fsp3) is 0.611. The summed E-state index contributed by atoms with van der Waals surface area (Å²) in [5.41, 5.74) is -2.21. The smallest absolute Gasteiger partial charge is 0.174 e. The van der Waals surface area contributed by atoms with Crippen LogP contribution in [0.4, 0.5) is 0 Å². The van der Waals surface area contributed by atoms with Crippen molar-refractivity contribution in [3.63, 3.8) is 0 Å². The second-order valence-electron chi connectivity index (χ2n) is 6.80. The third kappa shape index (κ3) is 1.32. The molecule has 0 radical (unpaired) electrons. The van der Waals surface area contributed by atoms with Crippen LogP contribution in [0.3, 0.4) is 0 Å². The molecule has 1 aromatic rings. The van der Waals surface area contributed by atoms with Gasteiger partial charge in [0.1, 0.15) is 0 Å². The standard InChI is InChI=1S/C18H21NO4/c1-19-8-7-17-14-10-3-4-12(22-2)15(14)23-16(17)11(20)5-6-18(17,21)13(19)9-10/h3-4,13,16,21H,5-9H2,1-2H3/t13-,16?,17+,18-/m1/s1/i1D3,2D3,5D2. The number of ether oxygens (including phenoxy) is 2. The summed E-state index contributed by atoms with van der Waals surface area (Å²) in [4.78, 5) is 14.3. The Kier molecular flexibility index (Phi) is 1.42. The van der Waals surface area contributed by atoms with Crippen molar-refractivity contribution in [3.05, 3.63) is 23.3 Å². The first kappa shape index (κ1) is 7.99. The maximum absolute atomic E-state index is 13.1. The maximum Gasteiger partial charge on any atom is 0.174 e. The highest BCUT2D eigenvalue weighted by Crippen LogP contribution is 2.64. The summed E-state index contributed by atoms with van der Waals surface area (Å²) in [7, 11) is -2.78. The van der Waals surface area contributed by atoms with Crippen LogP contribution >= 0.6 is 0 Å². The number of carbonyl (C=O) groups is 1. The predicted molar refractivity (Wildman–Crippen MR) is 83.0 cm³/mol. The van der Waals surface area contributed by atoms with Crippen LogP contribution in [0.25, 0.3) is 0 Å². The van der Waals surface area contributed by atoms with E-state index in [0.29, 0.717) is 11.1 Å². The van der Waals surface area contributed by atoms with Crippen LogP contribution in [0.2, 0.25) is 0 Å². The third-order valence-electron chi connectivity index (χ3n) is 6.08. The van der Waals surface area contributed by atoms with Gasteiger partial charge in [0, 0.05) is 24.8 Å². The van der Waals surface area contributed by atoms with E-state index in [1.54, 1.807) is 6.07 Å². The molecule has 5 rings (SSSR count). The first-order chi connectivity index (χ1) is 14.1. The van der Waals surface area contributed by atoms with E-state index >= 15 is 0 Å². The topological polar surface area (TPSA) is 59.0 Å². The monoisotopic (exact) mass is 323 g/mol. The number of nitrogens with zero attached hydrogens (tertiary/aromatic N) is 1. The van der Waals surface area contributed by atoms with Gasteiger partial charge in [0.2, 0.25) is 0 Å². The molecule has 2 heterocycles. The number of piperidine rings is 1. The number of likely N-dealkylation sites (tertiary alicyclic amines) is 1. The number of hydrogen-bond acceptors (Lipinski definition) is 5. The molecule has 2 bridgehead atoms. The van der Waals surface area contributed by atoms with Crippen molar-refractivity contribution in [2.75, 3.05) is 20.6 Å². The van der Waals surface area contributed by atoms with E-state index in [9.17, 15) is 9.90 Å². The van der Waals surface area contributed by atoms with Gasteiger partial charge in [0.05, 0.1) is 22.2 Å². The zero-order valence-electron chi connectivity index (χ0n) is 20.3. The van der Waals surface area contributed by atoms with Gasteiger partial charge in [0.25, 0.3) is 0 Å². The Morgan fingerprint density at radius 2 is 2.43 bits per heavy atom. The number of benzene rings is 1. The van der Waals surface area contributed by atoms with E-state index in [0.717, 1.165) is 0 Å². The Balaban J connectivity index is 1.78. The second kappa shape index (κ2) is 4.08. The normalized spacial score (nSPS) is 49.0. The Morgan fingerprint density at radius 3 is 3.26 bits per heavy atom. The van der Waals surface area contributed by atoms with E-state index < -0.39 is 55.8 Å². The predicted octanol–water partition coefficient (Wildman–Crippen LogP) is 1.05. The van der Waals surface area contributed by atoms with E-state index in [1.807, 2.05) is 0 Å². The van der Waals surface area contributed by atoms with Crippen LogP contribution in [0.15, 0.2) is 12.1 Å². The molecule has 2 fully saturated rings. The van der Waals surface area contributed by atoms with Crippen LogP contribution in [-0.2, 0) is 16.6 Å². The molecule has 23 heavy (non-hydrogen) atoms. The van der Waals surface area contributed by atoms with Crippen LogP contribution in [0.1, 0.15) is 41.3 Å². The van der Waals surface area contributed by atoms with Crippen LogP contribution < -0.4 is 9.47 Å². The van der Waals surface area contributed by atoms with Crippen LogP contribution in [0.5, 0.6) is 11.5 Å². The maximum atomic E-state index is 13.1. The number of hydrogen-bond donors (Lipinski definition) is 1. The van der Waals surface area contributed by atoms with Crippen molar-refractivity contribution >= 4 is 5.78 Å². The zero-order valence-corrected chi connectivity index (χ0v) is 12.3. The van der Waals surface area contributed by atoms with E-state index in [1.165, 1.54) is 11.0 Å². The molecule has 4 aliphatic rings. The SMILES string of the molecule is [2H]C([2H])([2H])Oc1ccc2c3c1OC1C(=O)C([2H])([2H])C[C@@]4(O)[C@@H](C2)N(C([2H])([2H])[2H])CC[C@]314. The van der Waals surface area contributed by atoms with Crippen molar-refractivity contribution in [2.45, 2.75) is 48.8 Å². The van der Waals surface area contributed by atoms with Crippen molar-refractivity contribution in [3.8, 4) is 11.5 Å². The Bertz CT molecular complexity index is 992. The number of ketones is 1. The molecule has 122 valence electrons. The lowest BCUT2D eigenvalue weighted by molar-refractivity contribution is -0.185. The number of likely N-dealkylation sites (N-methyl/N-ethyl adjacent to an activating group) is 1. The Labute approximate surface area is 146 Å². The summed E-state index contributed by atoms with van der Waals surface area (Å²) in [6.07, 6.45) is -4.28. The van der Waals surface area contributed by atoms with Crippen molar-refractivity contribution in [1.29, 1.82) is 0 Å². The molecule has 1 aromatic carbocycles. The number of Topliss-reactive ketones (excluding diaryl/α,β-unsaturated/α-hetero) is 1. The van der Waals surface area contributed by atoms with Crippen molar-refractivity contribution in [2.24, 2.45) is 0 Å². The highest BCUT2D eigenvalue weighted by atomic mass is 16.5. The molecule has 4 atom stereocenters. The Morgan fingerprint density at radius 1 is 1.52 bits per heavy atom. The van der Waals surface area contributed by atoms with Gasteiger partial charge in [-0.3, -0.25) is 4.79 Å². The molecular formula is C18H21NO4. The van der Waals surface area contributed by atoms with Gasteiger partial charge >= 0.3 is 0 Å². The quantitative estimate of drug-likeness (QED) is 0.837. The molecule has 5 nitrogen and oxygen atoms in total. The minimum absolute atomic E-state index is 0.0175. The summed E-state index contributed by atoms with van der Waals surface area (Å²) in [5.74, 6) is -0.944. The lowest BCUT2D eigenvalue weighted by atomic mass is 9.49. The average Bonchev–Trinajstić information content (AvgIpc) is 2.92. The number of carbonyl (C=O) groups excluding carboxylic acids is 1. The van der Waals surface area contributed by atoms with Crippen LogP contribution in [0, 0.1) is 0 Å². The highest BCUT2D eigenvalue weighted by molar-refractivity contribution is 5.90. The van der Waals surface area contributed by atoms with E-state index in [2.05, 4.69) is 0 Å². The summed E-state index contributed by atoms with van der Waals surface area (Å²) in [6.45, 7) is -2.47. The first-order valence-electron chi connectivity index (χ1n) is 11.7. The van der Waals surface area contributed by atoms with Crippen molar-refractivity contribution in [1.82, 2.24) is 4.90 Å². The number of aliphatic hydroxyl groups is 1. The molecule has 0 aromatic heterocycles. The molecule has 1 saturated heterocycles. The third-order valence-corrected chi connectivity index (χ3v) is 6.08. The highest BCUT2D eigenvalue weighted by Gasteiger charge is 2.72. The molecule has 0 amide bonds. The minimum atomic E-state index is -2.78. The molecule has 2 aliphatic heterocycles. The number of methoxy groups -OCH3 is 1. The molecule has 1 saturated carbocycles. The summed E-state index contributed by atoms with van der Waals surface area (Å²) in [5, 5.41) is 12.0. The lowest BCUT2D eigenvalue weighted by Crippen LogP contribution is -2.76. The first-order valence-corrected chi connectivity index (χ1v) is 7.67. The summed E-state index contributed by atoms with van der Waals surface area (Å²) in [6, 6.07) is 2.04. The van der Waals surface area contributed by atoms with Gasteiger partial charge in [-0.15, -0.1) is 0 Å². The molecule has 1 unspecified atom stereocenters. The molecule has 2 aliphatic carbocycles. The Hall–Kier alpha value is -1.59. The second-order valence-corrected chi connectivity index (χ2v) is 6.80. The van der Waals surface area contributed by atoms with Gasteiger partial charge in [-0.25, -0.2) is 0 Å². The largest absolute Gasteiger partial charge is 0.493 e. The lowest BCUT2D eigenvalue weighted by Gasteiger charge is -2.62. The van der Waals surface area contributed by atoms with E-state index in [-0.39, 0.29) is 30.9 Å². The average molecular weight is 323 g/mol. The minimum Gasteiger partial charge on any atom is -0.493 e. The van der Waals surface area contributed by atoms with Crippen molar-refractivity contribution < 1.29 is 30.3 Å². The van der Waals surface area contributed by atoms with Crippen LogP contribution in [-0.4, -0.2) is 54.1 Å².